The average molecular weight is 334 g/mol. The molecule has 0 aliphatic rings. The molecule has 130 valence electrons. The van der Waals surface area contributed by atoms with Gasteiger partial charge in [0.05, 0.1) is 17.6 Å². The lowest BCUT2D eigenvalue weighted by Gasteiger charge is -2.14. The number of aromatic nitrogens is 3. The van der Waals surface area contributed by atoms with Gasteiger partial charge in [-0.25, -0.2) is 9.78 Å². The van der Waals surface area contributed by atoms with E-state index in [0.29, 0.717) is 25.4 Å². The first-order chi connectivity index (χ1) is 11.4. The lowest BCUT2D eigenvalue weighted by molar-refractivity contribution is 0.0938. The summed E-state index contributed by atoms with van der Waals surface area (Å²) in [4.78, 5) is 43.5. The number of amides is 1. The third kappa shape index (κ3) is 3.38. The van der Waals surface area contributed by atoms with Crippen LogP contribution in [0.2, 0.25) is 0 Å². The molecule has 24 heavy (non-hydrogen) atoms. The summed E-state index contributed by atoms with van der Waals surface area (Å²) in [5.41, 5.74) is -0.0577. The molecule has 0 radical (unpaired) electrons. The van der Waals surface area contributed by atoms with Gasteiger partial charge < -0.3 is 10.1 Å². The Kier molecular flexibility index (Phi) is 5.50. The fourth-order valence-electron chi connectivity index (χ4n) is 2.42. The summed E-state index contributed by atoms with van der Waals surface area (Å²) >= 11 is 0. The van der Waals surface area contributed by atoms with Gasteiger partial charge in [-0.2, -0.15) is 0 Å². The van der Waals surface area contributed by atoms with Crippen molar-refractivity contribution >= 4 is 16.9 Å². The second kappa shape index (κ2) is 7.39. The van der Waals surface area contributed by atoms with Crippen LogP contribution < -0.4 is 16.6 Å². The average Bonchev–Trinajstić information content (AvgIpc) is 2.54. The first-order valence-corrected chi connectivity index (χ1v) is 7.85. The Morgan fingerprint density at radius 3 is 2.71 bits per heavy atom. The predicted octanol–water partition coefficient (Wildman–Crippen LogP) is 0.604. The summed E-state index contributed by atoms with van der Waals surface area (Å²) in [6, 6.07) is 1.61. The maximum absolute atomic E-state index is 12.5. The molecule has 2 N–H and O–H groups in total. The van der Waals surface area contributed by atoms with E-state index in [2.05, 4.69) is 15.3 Å². The van der Waals surface area contributed by atoms with Gasteiger partial charge in [-0.05, 0) is 18.9 Å². The number of aryl methyl sites for hydroxylation is 1. The Hall–Kier alpha value is -2.48. The van der Waals surface area contributed by atoms with Crippen molar-refractivity contribution in [1.82, 2.24) is 19.9 Å². The summed E-state index contributed by atoms with van der Waals surface area (Å²) < 4.78 is 6.27. The lowest BCUT2D eigenvalue weighted by atomic mass is 10.0. The quantitative estimate of drug-likeness (QED) is 0.753. The van der Waals surface area contributed by atoms with Gasteiger partial charge in [0, 0.05) is 25.9 Å². The van der Waals surface area contributed by atoms with Crippen molar-refractivity contribution in [1.29, 1.82) is 0 Å². The van der Waals surface area contributed by atoms with E-state index in [-0.39, 0.29) is 22.5 Å². The highest BCUT2D eigenvalue weighted by Crippen LogP contribution is 2.19. The van der Waals surface area contributed by atoms with Crippen LogP contribution in [-0.2, 0) is 11.3 Å². The number of pyridine rings is 1. The minimum Gasteiger partial charge on any atom is -0.383 e. The molecule has 0 bridgehead atoms. The largest absolute Gasteiger partial charge is 0.383 e. The van der Waals surface area contributed by atoms with E-state index in [1.165, 1.54) is 11.7 Å². The number of hydrogen-bond acceptors (Lipinski definition) is 5. The highest BCUT2D eigenvalue weighted by molar-refractivity contribution is 6.05. The molecule has 0 unspecified atom stereocenters. The normalized spacial score (nSPS) is 11.2. The molecule has 0 aliphatic heterocycles. The molecule has 0 saturated carbocycles. The number of hydrogen-bond donors (Lipinski definition) is 2. The molecule has 0 spiro atoms. The van der Waals surface area contributed by atoms with Gasteiger partial charge in [0.1, 0.15) is 0 Å². The molecule has 8 nitrogen and oxygen atoms in total. The molecule has 0 aromatic carbocycles. The number of methoxy groups -OCH3 is 1. The number of nitrogens with zero attached hydrogens (tertiary/aromatic N) is 2. The SMILES string of the molecule is CCn1c(=O)[nH]c(=O)c2c(C(=O)NCCOC)cc(C(C)C)nc21. The van der Waals surface area contributed by atoms with Gasteiger partial charge in [0.25, 0.3) is 11.5 Å². The van der Waals surface area contributed by atoms with E-state index in [1.54, 1.807) is 13.0 Å². The zero-order valence-corrected chi connectivity index (χ0v) is 14.3. The molecular formula is C16H22N4O4. The Morgan fingerprint density at radius 2 is 2.12 bits per heavy atom. The molecule has 2 aromatic rings. The summed E-state index contributed by atoms with van der Waals surface area (Å²) in [5, 5.41) is 2.83. The van der Waals surface area contributed by atoms with Gasteiger partial charge in [-0.1, -0.05) is 13.8 Å². The summed E-state index contributed by atoms with van der Waals surface area (Å²) in [6.45, 7) is 6.67. The lowest BCUT2D eigenvalue weighted by Crippen LogP contribution is -2.34. The topological polar surface area (TPSA) is 106 Å². The van der Waals surface area contributed by atoms with Gasteiger partial charge in [0.2, 0.25) is 0 Å². The monoisotopic (exact) mass is 334 g/mol. The van der Waals surface area contributed by atoms with Crippen molar-refractivity contribution < 1.29 is 9.53 Å². The number of nitrogens with one attached hydrogen (secondary N) is 2. The highest BCUT2D eigenvalue weighted by Gasteiger charge is 2.19. The number of carbonyl (C=O) groups is 1. The van der Waals surface area contributed by atoms with Crippen LogP contribution in [0.15, 0.2) is 15.7 Å². The van der Waals surface area contributed by atoms with E-state index in [0.717, 1.165) is 0 Å². The predicted molar refractivity (Wildman–Crippen MR) is 90.6 cm³/mol. The summed E-state index contributed by atoms with van der Waals surface area (Å²) in [7, 11) is 1.54. The van der Waals surface area contributed by atoms with E-state index < -0.39 is 17.2 Å². The smallest absolute Gasteiger partial charge is 0.329 e. The molecule has 0 aliphatic carbocycles. The third-order valence-corrected chi connectivity index (χ3v) is 3.71. The van der Waals surface area contributed by atoms with Crippen molar-refractivity contribution in [3.63, 3.8) is 0 Å². The molecular weight excluding hydrogens is 312 g/mol. The minimum absolute atomic E-state index is 0.0413. The van der Waals surface area contributed by atoms with Gasteiger partial charge in [-0.3, -0.25) is 19.1 Å². The van der Waals surface area contributed by atoms with Crippen molar-refractivity contribution in [2.24, 2.45) is 0 Å². The van der Waals surface area contributed by atoms with Gasteiger partial charge >= 0.3 is 5.69 Å². The molecule has 2 heterocycles. The fourth-order valence-corrected chi connectivity index (χ4v) is 2.42. The third-order valence-electron chi connectivity index (χ3n) is 3.71. The Bertz CT molecular complexity index is 867. The number of ether oxygens (including phenoxy) is 1. The van der Waals surface area contributed by atoms with Crippen molar-refractivity contribution in [2.75, 3.05) is 20.3 Å². The Balaban J connectivity index is 2.75. The van der Waals surface area contributed by atoms with Crippen LogP contribution in [0.5, 0.6) is 0 Å². The zero-order chi connectivity index (χ0) is 17.9. The standard InChI is InChI=1S/C16H22N4O4/c1-5-20-13-12(15(22)19-16(20)23)10(8-11(18-13)9(2)3)14(21)17-6-7-24-4/h8-9H,5-7H2,1-4H3,(H,17,21)(H,19,22,23). The van der Waals surface area contributed by atoms with E-state index in [4.69, 9.17) is 4.74 Å². The molecule has 2 rings (SSSR count). The summed E-state index contributed by atoms with van der Waals surface area (Å²) in [6.07, 6.45) is 0. The first kappa shape index (κ1) is 17.9. The number of rotatable bonds is 6. The Labute approximate surface area is 138 Å². The van der Waals surface area contributed by atoms with Gasteiger partial charge in [-0.15, -0.1) is 0 Å². The second-order valence-corrected chi connectivity index (χ2v) is 5.70. The number of fused-ring (bicyclic) bond motifs is 1. The maximum Gasteiger partial charge on any atom is 0.329 e. The van der Waals surface area contributed by atoms with E-state index in [1.807, 2.05) is 13.8 Å². The minimum atomic E-state index is -0.612. The van der Waals surface area contributed by atoms with Crippen molar-refractivity contribution in [3.8, 4) is 0 Å². The molecule has 1 amide bonds. The first-order valence-electron chi connectivity index (χ1n) is 7.85. The fraction of sp³-hybridized carbons (Fsp3) is 0.500. The number of carbonyl (C=O) groups excluding carboxylic acids is 1. The Morgan fingerprint density at radius 1 is 1.42 bits per heavy atom. The second-order valence-electron chi connectivity index (χ2n) is 5.70. The van der Waals surface area contributed by atoms with Crippen LogP contribution in [0.25, 0.3) is 11.0 Å². The molecule has 0 fully saturated rings. The zero-order valence-electron chi connectivity index (χ0n) is 14.3. The van der Waals surface area contributed by atoms with Crippen LogP contribution >= 0.6 is 0 Å². The highest BCUT2D eigenvalue weighted by atomic mass is 16.5. The molecule has 2 aromatic heterocycles. The van der Waals surface area contributed by atoms with E-state index in [9.17, 15) is 14.4 Å². The van der Waals surface area contributed by atoms with E-state index >= 15 is 0 Å². The van der Waals surface area contributed by atoms with Crippen LogP contribution in [0.1, 0.15) is 42.7 Å². The number of aromatic amines is 1. The molecule has 0 atom stereocenters. The summed E-state index contributed by atoms with van der Waals surface area (Å²) in [5.74, 6) is -0.354. The van der Waals surface area contributed by atoms with Crippen molar-refractivity contribution in [2.45, 2.75) is 33.2 Å². The van der Waals surface area contributed by atoms with Crippen LogP contribution in [0.4, 0.5) is 0 Å². The van der Waals surface area contributed by atoms with Crippen LogP contribution in [0, 0.1) is 0 Å². The van der Waals surface area contributed by atoms with Crippen molar-refractivity contribution in [3.05, 3.63) is 38.2 Å². The molecule has 0 saturated heterocycles. The van der Waals surface area contributed by atoms with Crippen LogP contribution in [-0.4, -0.2) is 40.7 Å². The molecule has 8 heteroatoms. The van der Waals surface area contributed by atoms with Crippen LogP contribution in [0.3, 0.4) is 0 Å². The maximum atomic E-state index is 12.5. The van der Waals surface area contributed by atoms with Gasteiger partial charge in [0.15, 0.2) is 5.65 Å². The number of H-pyrrole nitrogens is 1.